The van der Waals surface area contributed by atoms with Crippen molar-refractivity contribution in [1.29, 1.82) is 0 Å². The van der Waals surface area contributed by atoms with Crippen LogP contribution in [0.5, 0.6) is 11.5 Å². The molecule has 0 aliphatic heterocycles. The number of hydrogen-bond acceptors (Lipinski definition) is 3. The summed E-state index contributed by atoms with van der Waals surface area (Å²) in [6.45, 7) is 1.87. The molecule has 2 aromatic rings. The first-order valence-electron chi connectivity index (χ1n) is 8.46. The maximum Gasteiger partial charge on any atom is 0.416 e. The van der Waals surface area contributed by atoms with Crippen molar-refractivity contribution in [1.82, 2.24) is 0 Å². The minimum Gasteiger partial charge on any atom is -0.490 e. The number of carboxylic acids is 1. The summed E-state index contributed by atoms with van der Waals surface area (Å²) in [5.41, 5.74) is -0.00286. The van der Waals surface area contributed by atoms with E-state index in [0.717, 1.165) is 17.7 Å². The molecule has 1 unspecified atom stereocenters. The minimum absolute atomic E-state index is 0.0754. The van der Waals surface area contributed by atoms with E-state index in [1.807, 2.05) is 0 Å². The van der Waals surface area contributed by atoms with Gasteiger partial charge in [-0.15, -0.1) is 5.92 Å². The zero-order valence-electron chi connectivity index (χ0n) is 15.1. The van der Waals surface area contributed by atoms with Gasteiger partial charge in [0, 0.05) is 0 Å². The number of carboxylic acid groups (broad SMARTS) is 1. The highest BCUT2D eigenvalue weighted by molar-refractivity contribution is 5.69. The molecule has 0 bridgehead atoms. The van der Waals surface area contributed by atoms with Crippen LogP contribution in [-0.4, -0.2) is 24.3 Å². The molecule has 2 rings (SSSR count). The van der Waals surface area contributed by atoms with E-state index in [9.17, 15) is 18.0 Å². The number of carbonyl (C=O) groups is 1. The van der Waals surface area contributed by atoms with Crippen molar-refractivity contribution in [2.45, 2.75) is 25.4 Å². The van der Waals surface area contributed by atoms with Gasteiger partial charge in [0.05, 0.1) is 17.9 Å². The standard InChI is InChI=1S/C21H19F3O4/c1-2-4-16(13-20(25)26)15-7-9-18(10-8-15)27-11-12-28-19-6-3-5-17(14-19)21(22,23)24/h3,5-10,14,16H,11-13H2,1H3,(H,25,26). The molecule has 0 radical (unpaired) electrons. The maximum atomic E-state index is 12.7. The van der Waals surface area contributed by atoms with Crippen LogP contribution >= 0.6 is 0 Å². The molecule has 28 heavy (non-hydrogen) atoms. The lowest BCUT2D eigenvalue weighted by atomic mass is 9.96. The molecule has 4 nitrogen and oxygen atoms in total. The smallest absolute Gasteiger partial charge is 0.416 e. The molecule has 0 aromatic heterocycles. The van der Waals surface area contributed by atoms with Crippen LogP contribution < -0.4 is 9.47 Å². The molecule has 1 atom stereocenters. The maximum absolute atomic E-state index is 12.7. The summed E-state index contributed by atoms with van der Waals surface area (Å²) in [5.74, 6) is 4.91. The van der Waals surface area contributed by atoms with Gasteiger partial charge >= 0.3 is 12.1 Å². The third-order valence-electron chi connectivity index (χ3n) is 3.76. The Morgan fingerprint density at radius 3 is 2.29 bits per heavy atom. The number of halogens is 3. The number of alkyl halides is 3. The molecule has 148 valence electrons. The van der Waals surface area contributed by atoms with Crippen LogP contribution in [0.2, 0.25) is 0 Å². The predicted octanol–water partition coefficient (Wildman–Crippen LogP) is 4.74. The van der Waals surface area contributed by atoms with Gasteiger partial charge in [0.15, 0.2) is 0 Å². The number of rotatable bonds is 8. The van der Waals surface area contributed by atoms with E-state index in [1.54, 1.807) is 31.2 Å². The zero-order chi connectivity index (χ0) is 20.6. The second kappa shape index (κ2) is 9.70. The molecular weight excluding hydrogens is 373 g/mol. The van der Waals surface area contributed by atoms with Gasteiger partial charge in [0.25, 0.3) is 0 Å². The van der Waals surface area contributed by atoms with E-state index in [4.69, 9.17) is 14.6 Å². The van der Waals surface area contributed by atoms with Gasteiger partial charge in [-0.2, -0.15) is 13.2 Å². The molecule has 0 heterocycles. The van der Waals surface area contributed by atoms with Crippen molar-refractivity contribution in [3.8, 4) is 23.3 Å². The fourth-order valence-corrected chi connectivity index (χ4v) is 2.48. The lowest BCUT2D eigenvalue weighted by Crippen LogP contribution is -2.10. The first-order valence-corrected chi connectivity index (χ1v) is 8.46. The molecule has 0 aliphatic carbocycles. The van der Waals surface area contributed by atoms with Crippen LogP contribution in [0.1, 0.15) is 30.4 Å². The van der Waals surface area contributed by atoms with Crippen molar-refractivity contribution in [3.63, 3.8) is 0 Å². The van der Waals surface area contributed by atoms with E-state index in [-0.39, 0.29) is 25.4 Å². The van der Waals surface area contributed by atoms with Crippen LogP contribution in [0, 0.1) is 11.8 Å². The highest BCUT2D eigenvalue weighted by atomic mass is 19.4. The summed E-state index contributed by atoms with van der Waals surface area (Å²) in [7, 11) is 0. The van der Waals surface area contributed by atoms with Gasteiger partial charge in [0.1, 0.15) is 24.7 Å². The summed E-state index contributed by atoms with van der Waals surface area (Å²) in [4.78, 5) is 10.9. The molecule has 0 saturated carbocycles. The molecule has 1 N–H and O–H groups in total. The van der Waals surface area contributed by atoms with E-state index >= 15 is 0 Å². The number of hydrogen-bond donors (Lipinski definition) is 1. The Morgan fingerprint density at radius 2 is 1.71 bits per heavy atom. The van der Waals surface area contributed by atoms with E-state index in [0.29, 0.717) is 5.75 Å². The third-order valence-corrected chi connectivity index (χ3v) is 3.76. The molecule has 0 fully saturated rings. The van der Waals surface area contributed by atoms with Gasteiger partial charge in [0.2, 0.25) is 0 Å². The fourth-order valence-electron chi connectivity index (χ4n) is 2.48. The molecule has 7 heteroatoms. The molecule has 0 aliphatic rings. The molecular formula is C21H19F3O4. The molecule has 0 saturated heterocycles. The Hall–Kier alpha value is -3.14. The van der Waals surface area contributed by atoms with E-state index < -0.39 is 23.6 Å². The predicted molar refractivity (Wildman–Crippen MR) is 97.3 cm³/mol. The number of ether oxygens (including phenoxy) is 2. The van der Waals surface area contributed by atoms with E-state index in [1.165, 1.54) is 12.1 Å². The Labute approximate surface area is 160 Å². The average molecular weight is 392 g/mol. The molecule has 0 amide bonds. The van der Waals surface area contributed by atoms with Crippen LogP contribution in [0.25, 0.3) is 0 Å². The fraction of sp³-hybridized carbons (Fsp3) is 0.286. The first-order chi connectivity index (χ1) is 13.3. The van der Waals surface area contributed by atoms with Gasteiger partial charge in [-0.3, -0.25) is 4.79 Å². The zero-order valence-corrected chi connectivity index (χ0v) is 15.1. The average Bonchev–Trinajstić information content (AvgIpc) is 2.65. The highest BCUT2D eigenvalue weighted by Crippen LogP contribution is 2.31. The van der Waals surface area contributed by atoms with Gasteiger partial charge in [-0.25, -0.2) is 0 Å². The normalized spacial score (nSPS) is 11.9. The van der Waals surface area contributed by atoms with Crippen LogP contribution in [0.15, 0.2) is 48.5 Å². The summed E-state index contributed by atoms with van der Waals surface area (Å²) < 4.78 is 48.8. The molecule has 2 aromatic carbocycles. The van der Waals surface area contributed by atoms with Crippen molar-refractivity contribution in [2.75, 3.05) is 13.2 Å². The Kier molecular flexibility index (Phi) is 7.33. The largest absolute Gasteiger partial charge is 0.490 e. The lowest BCUT2D eigenvalue weighted by molar-refractivity contribution is -0.138. The summed E-state index contributed by atoms with van der Waals surface area (Å²) in [5, 5.41) is 8.96. The second-order valence-corrected chi connectivity index (χ2v) is 5.84. The van der Waals surface area contributed by atoms with E-state index in [2.05, 4.69) is 11.8 Å². The first kappa shape index (κ1) is 21.2. The monoisotopic (exact) mass is 392 g/mol. The van der Waals surface area contributed by atoms with Crippen LogP contribution in [0.3, 0.4) is 0 Å². The van der Waals surface area contributed by atoms with Crippen LogP contribution in [-0.2, 0) is 11.0 Å². The Morgan fingerprint density at radius 1 is 1.07 bits per heavy atom. The SMILES string of the molecule is CC#CC(CC(=O)O)c1ccc(OCCOc2cccc(C(F)(F)F)c2)cc1. The summed E-state index contributed by atoms with van der Waals surface area (Å²) >= 11 is 0. The minimum atomic E-state index is -4.42. The van der Waals surface area contributed by atoms with Crippen molar-refractivity contribution in [3.05, 3.63) is 59.7 Å². The van der Waals surface area contributed by atoms with Crippen molar-refractivity contribution < 1.29 is 32.5 Å². The molecule has 0 spiro atoms. The van der Waals surface area contributed by atoms with Crippen molar-refractivity contribution in [2.24, 2.45) is 0 Å². The number of aliphatic carboxylic acids is 1. The second-order valence-electron chi connectivity index (χ2n) is 5.84. The Bertz CT molecular complexity index is 848. The number of benzene rings is 2. The van der Waals surface area contributed by atoms with Crippen molar-refractivity contribution >= 4 is 5.97 Å². The highest BCUT2D eigenvalue weighted by Gasteiger charge is 2.30. The lowest BCUT2D eigenvalue weighted by Gasteiger charge is -2.12. The van der Waals surface area contributed by atoms with Gasteiger partial charge in [-0.1, -0.05) is 24.1 Å². The Balaban J connectivity index is 1.87. The third kappa shape index (κ3) is 6.54. The summed E-state index contributed by atoms with van der Waals surface area (Å²) in [6, 6.07) is 11.5. The summed E-state index contributed by atoms with van der Waals surface area (Å²) in [6.07, 6.45) is -4.51. The topological polar surface area (TPSA) is 55.8 Å². The quantitative estimate of drug-likeness (QED) is 0.521. The van der Waals surface area contributed by atoms with Gasteiger partial charge in [-0.05, 0) is 42.8 Å². The van der Waals surface area contributed by atoms with Gasteiger partial charge < -0.3 is 14.6 Å². The van der Waals surface area contributed by atoms with Crippen LogP contribution in [0.4, 0.5) is 13.2 Å².